The first kappa shape index (κ1) is 35.2. The van der Waals surface area contributed by atoms with Crippen LogP contribution in [-0.4, -0.2) is 115 Å². The molecule has 0 saturated carbocycles. The van der Waals surface area contributed by atoms with E-state index in [2.05, 4.69) is 9.80 Å². The van der Waals surface area contributed by atoms with E-state index < -0.39 is 18.0 Å². The molecule has 5 heterocycles. The highest BCUT2D eigenvalue weighted by Gasteiger charge is 2.39. The summed E-state index contributed by atoms with van der Waals surface area (Å²) in [5.41, 5.74) is 0.497. The third kappa shape index (κ3) is 8.23. The third-order valence-electron chi connectivity index (χ3n) is 9.80. The van der Waals surface area contributed by atoms with Crippen molar-refractivity contribution in [1.29, 1.82) is 5.26 Å². The predicted molar refractivity (Wildman–Crippen MR) is 178 cm³/mol. The highest BCUT2D eigenvalue weighted by Crippen LogP contribution is 2.43. The number of halogens is 4. The number of hydrogen-bond acceptors (Lipinski definition) is 10. The molecule has 0 radical (unpaired) electrons. The van der Waals surface area contributed by atoms with Crippen LogP contribution in [-0.2, 0) is 28.7 Å². The Hall–Kier alpha value is -3.64. The van der Waals surface area contributed by atoms with Crippen LogP contribution in [0.1, 0.15) is 42.5 Å². The van der Waals surface area contributed by atoms with Crippen molar-refractivity contribution < 1.29 is 27.4 Å². The fourth-order valence-electron chi connectivity index (χ4n) is 7.17. The summed E-state index contributed by atoms with van der Waals surface area (Å²) in [6.45, 7) is 5.31. The van der Waals surface area contributed by atoms with Gasteiger partial charge in [-0.15, -0.1) is 0 Å². The van der Waals surface area contributed by atoms with Crippen LogP contribution in [0.5, 0.6) is 6.01 Å². The summed E-state index contributed by atoms with van der Waals surface area (Å²) in [7, 11) is 2.05. The zero-order valence-corrected chi connectivity index (χ0v) is 28.4. The van der Waals surface area contributed by atoms with E-state index in [-0.39, 0.29) is 54.9 Å². The van der Waals surface area contributed by atoms with Crippen LogP contribution in [0.25, 0.3) is 0 Å². The van der Waals surface area contributed by atoms with Gasteiger partial charge in [0.25, 0.3) is 0 Å². The number of rotatable bonds is 10. The van der Waals surface area contributed by atoms with Crippen LogP contribution < -0.4 is 14.5 Å². The topological polar surface area (TPSA) is 101 Å². The fraction of sp³-hybridized carbons (Fsp3) is 0.588. The zero-order valence-electron chi connectivity index (χ0n) is 27.7. The highest BCUT2D eigenvalue weighted by atomic mass is 35.5. The van der Waals surface area contributed by atoms with Crippen LogP contribution in [0.3, 0.4) is 0 Å². The van der Waals surface area contributed by atoms with Gasteiger partial charge in [-0.3, -0.25) is 9.69 Å². The van der Waals surface area contributed by atoms with Gasteiger partial charge in [0.05, 0.1) is 41.1 Å². The molecule has 2 atom stereocenters. The molecule has 15 heteroatoms. The second kappa shape index (κ2) is 15.5. The molecular weight excluding hydrogens is 661 g/mol. The molecule has 264 valence electrons. The molecule has 2 aromatic rings. The largest absolute Gasteiger partial charge is 0.462 e. The van der Waals surface area contributed by atoms with Gasteiger partial charge in [-0.1, -0.05) is 23.7 Å². The van der Waals surface area contributed by atoms with Gasteiger partial charge in [-0.05, 0) is 70.9 Å². The quantitative estimate of drug-likeness (QED) is 0.332. The van der Waals surface area contributed by atoms with Crippen molar-refractivity contribution in [2.45, 2.75) is 57.1 Å². The molecule has 1 aromatic heterocycles. The second-order valence-corrected chi connectivity index (χ2v) is 13.4. The molecule has 0 spiro atoms. The lowest BCUT2D eigenvalue weighted by atomic mass is 10.0. The number of likely N-dealkylation sites (N-methyl/N-ethyl adjacent to an activating group) is 1. The number of fused-ring (bicyclic) bond motifs is 1. The van der Waals surface area contributed by atoms with Crippen LogP contribution in [0, 0.1) is 11.3 Å². The molecule has 3 fully saturated rings. The molecule has 1 aromatic carbocycles. The van der Waals surface area contributed by atoms with E-state index in [1.807, 2.05) is 24.1 Å². The summed E-state index contributed by atoms with van der Waals surface area (Å²) in [4.78, 5) is 32.7. The van der Waals surface area contributed by atoms with E-state index in [4.69, 9.17) is 31.0 Å². The number of ether oxygens (including phenoxy) is 2. The minimum atomic E-state index is -4.63. The van der Waals surface area contributed by atoms with E-state index in [1.165, 1.54) is 18.2 Å². The average Bonchev–Trinajstić information content (AvgIpc) is 3.76. The first-order valence-electron chi connectivity index (χ1n) is 16.9. The minimum Gasteiger partial charge on any atom is -0.462 e. The van der Waals surface area contributed by atoms with Crippen molar-refractivity contribution in [3.8, 4) is 12.1 Å². The number of amides is 1. The number of nitriles is 1. The maximum atomic E-state index is 14.1. The Kier molecular flexibility index (Phi) is 11.1. The SMILES string of the molecule is CN1CCC[C@H]1COc1nc2c(c(N3CCN(C(=O)/C=C/CN4CCCC4)C(OCC#N)C3)n1)CCN(c1cccc(Cl)c1C(F)(F)F)C2. The molecule has 11 nitrogen and oxygen atoms in total. The van der Waals surface area contributed by atoms with Crippen LogP contribution in [0.2, 0.25) is 5.02 Å². The lowest BCUT2D eigenvalue weighted by Crippen LogP contribution is -2.56. The number of aromatic nitrogens is 2. The van der Waals surface area contributed by atoms with Gasteiger partial charge in [-0.2, -0.15) is 28.4 Å². The van der Waals surface area contributed by atoms with Gasteiger partial charge in [0.15, 0.2) is 6.23 Å². The van der Waals surface area contributed by atoms with Gasteiger partial charge in [-0.25, -0.2) is 0 Å². The molecule has 0 bridgehead atoms. The van der Waals surface area contributed by atoms with Crippen LogP contribution in [0.4, 0.5) is 24.7 Å². The lowest BCUT2D eigenvalue weighted by molar-refractivity contribution is -0.140. The Morgan fingerprint density at radius 2 is 1.92 bits per heavy atom. The van der Waals surface area contributed by atoms with E-state index in [9.17, 15) is 23.2 Å². The Balaban J connectivity index is 1.27. The Morgan fingerprint density at radius 1 is 1.10 bits per heavy atom. The molecule has 1 unspecified atom stereocenters. The minimum absolute atomic E-state index is 0.00394. The van der Waals surface area contributed by atoms with Crippen molar-refractivity contribution in [3.63, 3.8) is 0 Å². The van der Waals surface area contributed by atoms with Gasteiger partial charge in [0.1, 0.15) is 19.0 Å². The maximum Gasteiger partial charge on any atom is 0.419 e. The molecule has 1 amide bonds. The molecular formula is C34H42ClF3N8O3. The standard InChI is InChI=1S/C34H42ClF3N8O3/c1-42-13-5-7-24(42)23-49-33-40-27-21-44(28-9-4-8-26(35)31(28)34(36,37)38)17-11-25(27)32(41-33)45-18-19-46(30(22-45)48-20-12-39)29(47)10-6-16-43-14-2-3-15-43/h4,6,8-10,24,30H,2-3,5,7,11,13-23H2,1H3/b10-6+/t24-,30?/m0/s1. The maximum absolute atomic E-state index is 14.1. The molecule has 4 aliphatic rings. The Labute approximate surface area is 289 Å². The van der Waals surface area contributed by atoms with Crippen molar-refractivity contribution >= 4 is 29.0 Å². The highest BCUT2D eigenvalue weighted by molar-refractivity contribution is 6.31. The number of hydrogen-bond donors (Lipinski definition) is 0. The third-order valence-corrected chi connectivity index (χ3v) is 10.1. The average molecular weight is 703 g/mol. The molecule has 6 rings (SSSR count). The van der Waals surface area contributed by atoms with E-state index in [1.54, 1.807) is 15.9 Å². The summed E-state index contributed by atoms with van der Waals surface area (Å²) < 4.78 is 54.4. The van der Waals surface area contributed by atoms with Crippen molar-refractivity contribution in [1.82, 2.24) is 24.7 Å². The number of alkyl halides is 3. The number of piperazine rings is 1. The second-order valence-electron chi connectivity index (χ2n) is 13.0. The molecule has 0 N–H and O–H groups in total. The first-order valence-corrected chi connectivity index (χ1v) is 17.3. The fourth-order valence-corrected chi connectivity index (χ4v) is 7.45. The summed E-state index contributed by atoms with van der Waals surface area (Å²) in [5.74, 6) is 0.414. The number of carbonyl (C=O) groups excluding carboxylic acids is 1. The van der Waals surface area contributed by atoms with Gasteiger partial charge < -0.3 is 29.1 Å². The Bertz CT molecular complexity index is 1560. The number of nitrogens with zero attached hydrogens (tertiary/aromatic N) is 8. The van der Waals surface area contributed by atoms with E-state index >= 15 is 0 Å². The normalized spacial score (nSPS) is 22.2. The van der Waals surface area contributed by atoms with Crippen molar-refractivity contribution in [2.24, 2.45) is 0 Å². The van der Waals surface area contributed by atoms with Gasteiger partial charge in [0.2, 0.25) is 5.91 Å². The summed E-state index contributed by atoms with van der Waals surface area (Å²) in [6, 6.07) is 6.56. The number of likely N-dealkylation sites (tertiary alicyclic amines) is 2. The van der Waals surface area contributed by atoms with Crippen LogP contribution >= 0.6 is 11.6 Å². The monoisotopic (exact) mass is 702 g/mol. The van der Waals surface area contributed by atoms with Crippen molar-refractivity contribution in [3.05, 3.63) is 52.2 Å². The van der Waals surface area contributed by atoms with Gasteiger partial charge in [0, 0.05) is 43.9 Å². The van der Waals surface area contributed by atoms with E-state index in [0.29, 0.717) is 44.2 Å². The summed E-state index contributed by atoms with van der Waals surface area (Å²) in [5, 5.41) is 8.94. The Morgan fingerprint density at radius 3 is 2.65 bits per heavy atom. The van der Waals surface area contributed by atoms with E-state index in [0.717, 1.165) is 50.9 Å². The number of anilines is 2. The lowest BCUT2D eigenvalue weighted by Gasteiger charge is -2.42. The molecule has 0 aliphatic carbocycles. The molecule has 3 saturated heterocycles. The predicted octanol–water partition coefficient (Wildman–Crippen LogP) is 4.35. The number of benzene rings is 1. The summed E-state index contributed by atoms with van der Waals surface area (Å²) in [6.07, 6.45) is 2.87. The molecule has 4 aliphatic heterocycles. The smallest absolute Gasteiger partial charge is 0.419 e. The summed E-state index contributed by atoms with van der Waals surface area (Å²) >= 11 is 6.07. The first-order chi connectivity index (χ1) is 23.6. The zero-order chi connectivity index (χ0) is 34.5. The van der Waals surface area contributed by atoms with Crippen LogP contribution in [0.15, 0.2) is 30.4 Å². The number of carbonyl (C=O) groups is 1. The van der Waals surface area contributed by atoms with Gasteiger partial charge >= 0.3 is 12.2 Å². The molecule has 49 heavy (non-hydrogen) atoms. The van der Waals surface area contributed by atoms with Crippen molar-refractivity contribution in [2.75, 3.05) is 82.4 Å².